The van der Waals surface area contributed by atoms with E-state index >= 15 is 0 Å². The second kappa shape index (κ2) is 4.93. The van der Waals surface area contributed by atoms with Crippen molar-refractivity contribution in [3.8, 4) is 0 Å². The standard InChI is InChI=1S/C15H21N3O/c1-12-3-2-4-13(17-12)14(19)18-10-7-15(11-18)5-8-16-9-6-15/h2-4,16H,5-11H2,1H3. The van der Waals surface area contributed by atoms with Crippen molar-refractivity contribution in [3.05, 3.63) is 29.6 Å². The van der Waals surface area contributed by atoms with E-state index in [1.165, 1.54) is 12.8 Å². The van der Waals surface area contributed by atoms with Gasteiger partial charge < -0.3 is 10.2 Å². The van der Waals surface area contributed by atoms with Gasteiger partial charge in [0.2, 0.25) is 0 Å². The average molecular weight is 259 g/mol. The molecule has 0 aliphatic carbocycles. The third-order valence-corrected chi connectivity index (χ3v) is 4.50. The Morgan fingerprint density at radius 2 is 2.11 bits per heavy atom. The van der Waals surface area contributed by atoms with Gasteiger partial charge in [0.05, 0.1) is 0 Å². The van der Waals surface area contributed by atoms with Gasteiger partial charge in [-0.15, -0.1) is 0 Å². The number of aryl methyl sites for hydroxylation is 1. The van der Waals surface area contributed by atoms with Crippen LogP contribution in [0.3, 0.4) is 0 Å². The fourth-order valence-electron chi connectivity index (χ4n) is 3.30. The lowest BCUT2D eigenvalue weighted by Gasteiger charge is -2.33. The van der Waals surface area contributed by atoms with Crippen LogP contribution >= 0.6 is 0 Å². The molecule has 1 spiro atoms. The van der Waals surface area contributed by atoms with Gasteiger partial charge in [-0.2, -0.15) is 0 Å². The van der Waals surface area contributed by atoms with Crippen molar-refractivity contribution in [3.63, 3.8) is 0 Å². The number of likely N-dealkylation sites (tertiary alicyclic amines) is 1. The predicted molar refractivity (Wildman–Crippen MR) is 74.0 cm³/mol. The fourth-order valence-corrected chi connectivity index (χ4v) is 3.30. The zero-order chi connectivity index (χ0) is 13.3. The largest absolute Gasteiger partial charge is 0.337 e. The van der Waals surface area contributed by atoms with Gasteiger partial charge in [0.1, 0.15) is 5.69 Å². The molecule has 102 valence electrons. The number of nitrogens with zero attached hydrogens (tertiary/aromatic N) is 2. The van der Waals surface area contributed by atoms with Crippen molar-refractivity contribution >= 4 is 5.91 Å². The van der Waals surface area contributed by atoms with Crippen LogP contribution in [0.1, 0.15) is 35.4 Å². The molecule has 0 bridgehead atoms. The highest BCUT2D eigenvalue weighted by Gasteiger charge is 2.40. The van der Waals surface area contributed by atoms with E-state index in [1.807, 2.05) is 30.0 Å². The summed E-state index contributed by atoms with van der Waals surface area (Å²) in [7, 11) is 0. The van der Waals surface area contributed by atoms with Crippen LogP contribution in [0.5, 0.6) is 0 Å². The average Bonchev–Trinajstić information content (AvgIpc) is 2.82. The van der Waals surface area contributed by atoms with Gasteiger partial charge in [-0.3, -0.25) is 4.79 Å². The zero-order valence-corrected chi connectivity index (χ0v) is 11.5. The van der Waals surface area contributed by atoms with Gasteiger partial charge in [-0.05, 0) is 56.8 Å². The lowest BCUT2D eigenvalue weighted by Crippen LogP contribution is -2.39. The Balaban J connectivity index is 1.72. The maximum Gasteiger partial charge on any atom is 0.272 e. The maximum atomic E-state index is 12.5. The van der Waals surface area contributed by atoms with E-state index in [0.717, 1.165) is 38.3 Å². The Morgan fingerprint density at radius 3 is 2.84 bits per heavy atom. The highest BCUT2D eigenvalue weighted by Crippen LogP contribution is 2.38. The predicted octanol–water partition coefficient (Wildman–Crippen LogP) is 1.61. The summed E-state index contributed by atoms with van der Waals surface area (Å²) >= 11 is 0. The fraction of sp³-hybridized carbons (Fsp3) is 0.600. The minimum absolute atomic E-state index is 0.0964. The van der Waals surface area contributed by atoms with Crippen LogP contribution in [-0.2, 0) is 0 Å². The quantitative estimate of drug-likeness (QED) is 0.833. The molecule has 19 heavy (non-hydrogen) atoms. The van der Waals surface area contributed by atoms with Crippen molar-refractivity contribution in [2.45, 2.75) is 26.2 Å². The van der Waals surface area contributed by atoms with Crippen LogP contribution in [0.2, 0.25) is 0 Å². The highest BCUT2D eigenvalue weighted by atomic mass is 16.2. The van der Waals surface area contributed by atoms with E-state index in [-0.39, 0.29) is 5.91 Å². The molecule has 1 aromatic heterocycles. The summed E-state index contributed by atoms with van der Waals surface area (Å²) in [5.41, 5.74) is 1.86. The first-order valence-corrected chi connectivity index (χ1v) is 7.12. The van der Waals surface area contributed by atoms with Crippen molar-refractivity contribution < 1.29 is 4.79 Å². The molecular formula is C15H21N3O. The molecule has 2 saturated heterocycles. The van der Waals surface area contributed by atoms with Crippen molar-refractivity contribution in [2.24, 2.45) is 5.41 Å². The summed E-state index contributed by atoms with van der Waals surface area (Å²) in [4.78, 5) is 18.8. The molecular weight excluding hydrogens is 238 g/mol. The van der Waals surface area contributed by atoms with E-state index in [1.54, 1.807) is 0 Å². The van der Waals surface area contributed by atoms with Gasteiger partial charge in [0.25, 0.3) is 5.91 Å². The second-order valence-electron chi connectivity index (χ2n) is 5.89. The molecule has 4 heteroatoms. The van der Waals surface area contributed by atoms with Crippen LogP contribution in [0.25, 0.3) is 0 Å². The Morgan fingerprint density at radius 1 is 1.32 bits per heavy atom. The second-order valence-corrected chi connectivity index (χ2v) is 5.89. The number of pyridine rings is 1. The highest BCUT2D eigenvalue weighted by molar-refractivity contribution is 5.92. The Labute approximate surface area is 114 Å². The van der Waals surface area contributed by atoms with Crippen LogP contribution in [0.4, 0.5) is 0 Å². The third-order valence-electron chi connectivity index (χ3n) is 4.50. The smallest absolute Gasteiger partial charge is 0.272 e. The van der Waals surface area contributed by atoms with Gasteiger partial charge in [0.15, 0.2) is 0 Å². The summed E-state index contributed by atoms with van der Waals surface area (Å²) in [6.45, 7) is 5.89. The Bertz CT molecular complexity index is 480. The SMILES string of the molecule is Cc1cccc(C(=O)N2CCC3(CCNCC3)C2)n1. The molecule has 0 saturated carbocycles. The van der Waals surface area contributed by atoms with Gasteiger partial charge >= 0.3 is 0 Å². The summed E-state index contributed by atoms with van der Waals surface area (Å²) in [5, 5.41) is 3.40. The van der Waals surface area contributed by atoms with Crippen LogP contribution < -0.4 is 5.32 Å². The minimum Gasteiger partial charge on any atom is -0.337 e. The van der Waals surface area contributed by atoms with Gasteiger partial charge in [0, 0.05) is 18.8 Å². The molecule has 3 heterocycles. The normalized spacial score (nSPS) is 21.8. The summed E-state index contributed by atoms with van der Waals surface area (Å²) in [6, 6.07) is 5.66. The lowest BCUT2D eigenvalue weighted by atomic mass is 9.78. The summed E-state index contributed by atoms with van der Waals surface area (Å²) < 4.78 is 0. The lowest BCUT2D eigenvalue weighted by molar-refractivity contribution is 0.0756. The molecule has 0 aromatic carbocycles. The first-order valence-electron chi connectivity index (χ1n) is 7.12. The van der Waals surface area contributed by atoms with Crippen molar-refractivity contribution in [1.29, 1.82) is 0 Å². The molecule has 0 atom stereocenters. The molecule has 4 nitrogen and oxygen atoms in total. The molecule has 3 rings (SSSR count). The minimum atomic E-state index is 0.0964. The van der Waals surface area contributed by atoms with Crippen LogP contribution in [0, 0.1) is 12.3 Å². The Hall–Kier alpha value is -1.42. The number of amides is 1. The number of hydrogen-bond donors (Lipinski definition) is 1. The number of hydrogen-bond acceptors (Lipinski definition) is 3. The molecule has 0 radical (unpaired) electrons. The summed E-state index contributed by atoms with van der Waals surface area (Å²) in [6.07, 6.45) is 3.53. The van der Waals surface area contributed by atoms with E-state index in [0.29, 0.717) is 11.1 Å². The molecule has 2 fully saturated rings. The van der Waals surface area contributed by atoms with Gasteiger partial charge in [-0.25, -0.2) is 4.98 Å². The third kappa shape index (κ3) is 2.50. The maximum absolute atomic E-state index is 12.5. The van der Waals surface area contributed by atoms with Crippen LogP contribution in [0.15, 0.2) is 18.2 Å². The van der Waals surface area contributed by atoms with E-state index in [9.17, 15) is 4.79 Å². The number of carbonyl (C=O) groups is 1. The number of rotatable bonds is 1. The molecule has 2 aliphatic heterocycles. The topological polar surface area (TPSA) is 45.2 Å². The number of aromatic nitrogens is 1. The van der Waals surface area contributed by atoms with Gasteiger partial charge in [-0.1, -0.05) is 6.07 Å². The summed E-state index contributed by atoms with van der Waals surface area (Å²) in [5.74, 6) is 0.0964. The number of carbonyl (C=O) groups excluding carboxylic acids is 1. The van der Waals surface area contributed by atoms with E-state index in [2.05, 4.69) is 10.3 Å². The van der Waals surface area contributed by atoms with E-state index < -0.39 is 0 Å². The van der Waals surface area contributed by atoms with Crippen LogP contribution in [-0.4, -0.2) is 42.0 Å². The molecule has 2 aliphatic rings. The zero-order valence-electron chi connectivity index (χ0n) is 11.5. The monoisotopic (exact) mass is 259 g/mol. The van der Waals surface area contributed by atoms with Crippen molar-refractivity contribution in [1.82, 2.24) is 15.2 Å². The van der Waals surface area contributed by atoms with Crippen molar-refractivity contribution in [2.75, 3.05) is 26.2 Å². The molecule has 1 aromatic rings. The first kappa shape index (κ1) is 12.6. The Kier molecular flexibility index (Phi) is 3.27. The number of nitrogens with one attached hydrogen (secondary N) is 1. The molecule has 1 N–H and O–H groups in total. The first-order chi connectivity index (χ1) is 9.19. The molecule has 1 amide bonds. The number of piperidine rings is 1. The molecule has 0 unspecified atom stereocenters. The van der Waals surface area contributed by atoms with E-state index in [4.69, 9.17) is 0 Å².